The predicted molar refractivity (Wildman–Crippen MR) is 123 cm³/mol. The minimum absolute atomic E-state index is 0.198. The van der Waals surface area contributed by atoms with Crippen LogP contribution in [-0.2, 0) is 0 Å². The van der Waals surface area contributed by atoms with E-state index in [2.05, 4.69) is 15.2 Å². The van der Waals surface area contributed by atoms with E-state index in [1.807, 2.05) is 79.9 Å². The van der Waals surface area contributed by atoms with Crippen molar-refractivity contribution in [2.45, 2.75) is 11.8 Å². The van der Waals surface area contributed by atoms with Gasteiger partial charge in [-0.15, -0.1) is 11.8 Å². The van der Waals surface area contributed by atoms with Gasteiger partial charge in [-0.05, 0) is 43.0 Å². The van der Waals surface area contributed by atoms with Crippen LogP contribution in [0.25, 0.3) is 39.4 Å². The van der Waals surface area contributed by atoms with Gasteiger partial charge < -0.3 is 4.52 Å². The minimum Gasteiger partial charge on any atom is -0.332 e. The molecule has 0 amide bonds. The summed E-state index contributed by atoms with van der Waals surface area (Å²) < 4.78 is 7.00. The fourth-order valence-electron chi connectivity index (χ4n) is 3.52. The Bertz CT molecular complexity index is 1470. The van der Waals surface area contributed by atoms with Gasteiger partial charge in [-0.1, -0.05) is 53.7 Å². The summed E-state index contributed by atoms with van der Waals surface area (Å²) in [6.07, 6.45) is 1.99. The van der Waals surface area contributed by atoms with Gasteiger partial charge in [-0.3, -0.25) is 4.79 Å². The molecule has 0 atom stereocenters. The third-order valence-electron chi connectivity index (χ3n) is 5.12. The van der Waals surface area contributed by atoms with Gasteiger partial charge in [0.2, 0.25) is 5.82 Å². The summed E-state index contributed by atoms with van der Waals surface area (Å²) in [6.45, 7) is 2.00. The molecular weight excluding hydrogens is 408 g/mol. The molecule has 0 aliphatic rings. The molecule has 0 fully saturated rings. The first kappa shape index (κ1) is 19.3. The van der Waals surface area contributed by atoms with E-state index in [1.54, 1.807) is 17.8 Å². The van der Waals surface area contributed by atoms with Gasteiger partial charge >= 0.3 is 0 Å². The minimum atomic E-state index is -0.198. The summed E-state index contributed by atoms with van der Waals surface area (Å²) in [5, 5.41) is 10.0. The van der Waals surface area contributed by atoms with Crippen LogP contribution in [0.5, 0.6) is 0 Å². The molecular formula is C24H18N4O2S. The second-order valence-corrected chi connectivity index (χ2v) is 7.93. The highest BCUT2D eigenvalue weighted by Crippen LogP contribution is 2.28. The number of hydrogen-bond acceptors (Lipinski definition) is 6. The quantitative estimate of drug-likeness (QED) is 0.371. The van der Waals surface area contributed by atoms with Gasteiger partial charge in [0, 0.05) is 15.8 Å². The Labute approximate surface area is 182 Å². The van der Waals surface area contributed by atoms with Crippen molar-refractivity contribution in [1.29, 1.82) is 0 Å². The lowest BCUT2D eigenvalue weighted by molar-refractivity contribution is 0.430. The van der Waals surface area contributed by atoms with Gasteiger partial charge in [-0.25, -0.2) is 0 Å². The zero-order chi connectivity index (χ0) is 21.4. The Hall–Kier alpha value is -3.71. The van der Waals surface area contributed by atoms with E-state index < -0.39 is 0 Å². The number of thioether (sulfide) groups is 1. The van der Waals surface area contributed by atoms with Crippen LogP contribution in [-0.4, -0.2) is 26.2 Å². The van der Waals surface area contributed by atoms with Crippen LogP contribution < -0.4 is 5.56 Å². The second-order valence-electron chi connectivity index (χ2n) is 7.05. The number of aromatic nitrogens is 4. The van der Waals surface area contributed by atoms with Crippen LogP contribution in [0, 0.1) is 6.92 Å². The van der Waals surface area contributed by atoms with Gasteiger partial charge in [0.15, 0.2) is 5.69 Å². The highest BCUT2D eigenvalue weighted by molar-refractivity contribution is 7.98. The van der Waals surface area contributed by atoms with Crippen LogP contribution in [0.1, 0.15) is 5.56 Å². The molecule has 7 heteroatoms. The molecule has 0 bridgehead atoms. The first-order chi connectivity index (χ1) is 15.2. The van der Waals surface area contributed by atoms with Gasteiger partial charge in [0.05, 0.1) is 11.1 Å². The van der Waals surface area contributed by atoms with E-state index in [4.69, 9.17) is 4.52 Å². The van der Waals surface area contributed by atoms with Crippen molar-refractivity contribution in [3.05, 3.63) is 88.7 Å². The fraction of sp³-hybridized carbons (Fsp3) is 0.0833. The molecule has 0 aliphatic carbocycles. The summed E-state index contributed by atoms with van der Waals surface area (Å²) in [4.78, 5) is 18.9. The highest BCUT2D eigenvalue weighted by atomic mass is 32.2. The normalized spacial score (nSPS) is 11.2. The number of nitrogens with zero attached hydrogens (tertiary/aromatic N) is 4. The molecule has 0 unspecified atom stereocenters. The molecule has 0 N–H and O–H groups in total. The summed E-state index contributed by atoms with van der Waals surface area (Å²) in [6, 6.07) is 22.9. The molecule has 6 nitrogen and oxygen atoms in total. The molecule has 152 valence electrons. The molecule has 3 aromatic carbocycles. The molecule has 0 spiro atoms. The molecule has 2 heterocycles. The van der Waals surface area contributed by atoms with Crippen molar-refractivity contribution in [3.63, 3.8) is 0 Å². The maximum atomic E-state index is 13.2. The fourth-order valence-corrected chi connectivity index (χ4v) is 3.97. The Morgan fingerprint density at radius 1 is 0.935 bits per heavy atom. The zero-order valence-corrected chi connectivity index (χ0v) is 17.8. The summed E-state index contributed by atoms with van der Waals surface area (Å²) in [7, 11) is 0. The van der Waals surface area contributed by atoms with E-state index in [9.17, 15) is 4.79 Å². The first-order valence-electron chi connectivity index (χ1n) is 9.72. The average Bonchev–Trinajstić information content (AvgIpc) is 3.29. The van der Waals surface area contributed by atoms with Crippen LogP contribution in [0.3, 0.4) is 0 Å². The van der Waals surface area contributed by atoms with E-state index in [0.29, 0.717) is 28.0 Å². The molecule has 31 heavy (non-hydrogen) atoms. The largest absolute Gasteiger partial charge is 0.332 e. The van der Waals surface area contributed by atoms with Crippen LogP contribution in [0.15, 0.2) is 87.0 Å². The maximum Gasteiger partial charge on any atom is 0.279 e. The third kappa shape index (κ3) is 3.43. The topological polar surface area (TPSA) is 73.8 Å². The Morgan fingerprint density at radius 2 is 1.71 bits per heavy atom. The van der Waals surface area contributed by atoms with Crippen LogP contribution in [0.4, 0.5) is 0 Å². The molecule has 0 saturated carbocycles. The predicted octanol–water partition coefficient (Wildman–Crippen LogP) is 5.13. The molecule has 5 rings (SSSR count). The van der Waals surface area contributed by atoms with E-state index >= 15 is 0 Å². The average molecular weight is 427 g/mol. The van der Waals surface area contributed by atoms with Crippen molar-refractivity contribution in [3.8, 4) is 28.7 Å². The van der Waals surface area contributed by atoms with Crippen molar-refractivity contribution in [2.24, 2.45) is 0 Å². The molecule has 2 aromatic heterocycles. The standard InChI is InChI=1S/C24H18N4O2S/c1-15-8-3-4-11-18(15)22-25-23(30-27-22)21-19-12-5-6-13-20(19)24(29)28(26-21)16-9-7-10-17(14-16)31-2/h3-14H,1-2H3. The van der Waals surface area contributed by atoms with Crippen LogP contribution >= 0.6 is 11.8 Å². The SMILES string of the molecule is CSc1cccc(-n2nc(-c3nc(-c4ccccc4C)no3)c3ccccc3c2=O)c1. The lowest BCUT2D eigenvalue weighted by Crippen LogP contribution is -2.22. The van der Waals surface area contributed by atoms with Gasteiger partial charge in [-0.2, -0.15) is 14.8 Å². The highest BCUT2D eigenvalue weighted by Gasteiger charge is 2.19. The lowest BCUT2D eigenvalue weighted by atomic mass is 10.1. The van der Waals surface area contributed by atoms with Crippen molar-refractivity contribution >= 4 is 22.5 Å². The number of hydrogen-bond donors (Lipinski definition) is 0. The maximum absolute atomic E-state index is 13.2. The Kier molecular flexibility index (Phi) is 4.88. The molecule has 0 saturated heterocycles. The van der Waals surface area contributed by atoms with Gasteiger partial charge in [0.1, 0.15) is 0 Å². The van der Waals surface area contributed by atoms with Crippen LogP contribution in [0.2, 0.25) is 0 Å². The zero-order valence-electron chi connectivity index (χ0n) is 16.9. The number of benzene rings is 3. The summed E-state index contributed by atoms with van der Waals surface area (Å²) in [5.41, 5.74) is 2.89. The third-order valence-corrected chi connectivity index (χ3v) is 5.84. The number of rotatable bonds is 4. The van der Waals surface area contributed by atoms with Crippen molar-refractivity contribution in [2.75, 3.05) is 6.26 Å². The lowest BCUT2D eigenvalue weighted by Gasteiger charge is -2.10. The Balaban J connectivity index is 1.73. The van der Waals surface area contributed by atoms with Crippen molar-refractivity contribution in [1.82, 2.24) is 19.9 Å². The number of fused-ring (bicyclic) bond motifs is 1. The molecule has 5 aromatic rings. The van der Waals surface area contributed by atoms with Crippen molar-refractivity contribution < 1.29 is 4.52 Å². The summed E-state index contributed by atoms with van der Waals surface area (Å²) >= 11 is 1.61. The monoisotopic (exact) mass is 426 g/mol. The molecule has 0 radical (unpaired) electrons. The number of aryl methyl sites for hydroxylation is 1. The van der Waals surface area contributed by atoms with E-state index in [1.165, 1.54) is 4.68 Å². The Morgan fingerprint density at radius 3 is 2.52 bits per heavy atom. The summed E-state index contributed by atoms with van der Waals surface area (Å²) in [5.74, 6) is 0.755. The first-order valence-corrected chi connectivity index (χ1v) is 10.9. The molecule has 0 aliphatic heterocycles. The van der Waals surface area contributed by atoms with E-state index in [-0.39, 0.29) is 11.4 Å². The smallest absolute Gasteiger partial charge is 0.279 e. The van der Waals surface area contributed by atoms with E-state index in [0.717, 1.165) is 16.0 Å². The van der Waals surface area contributed by atoms with Gasteiger partial charge in [0.25, 0.3) is 11.4 Å². The second kappa shape index (κ2) is 7.85.